The van der Waals surface area contributed by atoms with Crippen LogP contribution < -0.4 is 21.3 Å². The number of aliphatic hydroxyl groups is 1. The van der Waals surface area contributed by atoms with Gasteiger partial charge in [-0.15, -0.1) is 0 Å². The number of allylic oxidation sites excluding steroid dienone is 3. The average molecular weight is 937 g/mol. The van der Waals surface area contributed by atoms with Gasteiger partial charge in [-0.3, -0.25) is 0 Å². The van der Waals surface area contributed by atoms with E-state index in [4.69, 9.17) is 11.5 Å². The number of nitriles is 2. The molecule has 0 spiro atoms. The zero-order valence-corrected chi connectivity index (χ0v) is 43.0. The normalized spacial score (nSPS) is 13.6. The summed E-state index contributed by atoms with van der Waals surface area (Å²) in [7, 11) is 0. The maximum atomic E-state index is 12.9. The summed E-state index contributed by atoms with van der Waals surface area (Å²) in [5.41, 5.74) is 20.2. The molecule has 70 heavy (non-hydrogen) atoms. The Labute approximate surface area is 419 Å². The van der Waals surface area contributed by atoms with Crippen LogP contribution in [0.3, 0.4) is 0 Å². The number of rotatable bonds is 28. The van der Waals surface area contributed by atoms with Gasteiger partial charge < -0.3 is 26.4 Å². The van der Waals surface area contributed by atoms with Crippen molar-refractivity contribution in [1.82, 2.24) is 0 Å². The number of unbranched alkanes of at least 4 members (excludes halogenated alkanes) is 16. The summed E-state index contributed by atoms with van der Waals surface area (Å²) in [4.78, 5) is 5.08. The first kappa shape index (κ1) is 51.7. The third-order valence-electron chi connectivity index (χ3n) is 15.0. The van der Waals surface area contributed by atoms with E-state index in [0.29, 0.717) is 28.1 Å². The van der Waals surface area contributed by atoms with Gasteiger partial charge in [0.1, 0.15) is 23.5 Å². The molecule has 5 N–H and O–H groups in total. The largest absolute Gasteiger partial charge is 0.511 e. The Morgan fingerprint density at radius 1 is 0.486 bits per heavy atom. The Morgan fingerprint density at radius 3 is 1.24 bits per heavy atom. The molecule has 7 heteroatoms. The Morgan fingerprint density at radius 2 is 0.843 bits per heavy atom. The Kier molecular flexibility index (Phi) is 18.9. The molecule has 1 atom stereocenters. The second kappa shape index (κ2) is 25.6. The molecule has 6 aromatic rings. The summed E-state index contributed by atoms with van der Waals surface area (Å²) in [6, 6.07) is 34.4. The van der Waals surface area contributed by atoms with E-state index in [-0.39, 0.29) is 11.3 Å². The Hall–Kier alpha value is -6.18. The lowest BCUT2D eigenvalue weighted by atomic mass is 9.67. The van der Waals surface area contributed by atoms with Crippen LogP contribution in [0.2, 0.25) is 0 Å². The van der Waals surface area contributed by atoms with Crippen molar-refractivity contribution in [2.45, 2.75) is 162 Å². The second-order valence-corrected chi connectivity index (χ2v) is 20.1. The number of nitrogen functional groups attached to an aromatic ring is 2. The number of hydrogen-bond acceptors (Lipinski definition) is 7. The number of anilines is 4. The van der Waals surface area contributed by atoms with Crippen LogP contribution in [0.15, 0.2) is 102 Å². The third kappa shape index (κ3) is 11.7. The molecule has 0 bridgehead atoms. The molecule has 0 saturated carbocycles. The highest BCUT2D eigenvalue weighted by molar-refractivity contribution is 6.16. The van der Waals surface area contributed by atoms with Crippen molar-refractivity contribution >= 4 is 71.4 Å². The van der Waals surface area contributed by atoms with Gasteiger partial charge in [0.15, 0.2) is 0 Å². The fourth-order valence-corrected chi connectivity index (χ4v) is 11.1. The van der Waals surface area contributed by atoms with Crippen LogP contribution in [0.4, 0.5) is 22.7 Å². The van der Waals surface area contributed by atoms with Gasteiger partial charge >= 0.3 is 0 Å². The van der Waals surface area contributed by atoms with E-state index in [1.54, 1.807) is 0 Å². The van der Waals surface area contributed by atoms with Gasteiger partial charge in [0.05, 0.1) is 5.92 Å². The molecule has 6 aromatic carbocycles. The van der Waals surface area contributed by atoms with Gasteiger partial charge in [0, 0.05) is 76.4 Å². The van der Waals surface area contributed by atoms with Gasteiger partial charge in [-0.2, -0.15) is 10.5 Å². The molecule has 7 rings (SSSR count). The summed E-state index contributed by atoms with van der Waals surface area (Å²) >= 11 is 0. The maximum absolute atomic E-state index is 12.9. The Bertz CT molecular complexity index is 2830. The zero-order chi connectivity index (χ0) is 49.4. The number of nitrogens with two attached hydrogens (primary N) is 2. The van der Waals surface area contributed by atoms with Crippen molar-refractivity contribution in [2.24, 2.45) is 0 Å². The first-order valence-electron chi connectivity index (χ1n) is 27.3. The number of fused-ring (bicyclic) bond motifs is 4. The second-order valence-electron chi connectivity index (χ2n) is 20.1. The van der Waals surface area contributed by atoms with Crippen molar-refractivity contribution in [1.29, 1.82) is 10.5 Å². The van der Waals surface area contributed by atoms with E-state index in [0.717, 1.165) is 112 Å². The molecule has 0 aliphatic heterocycles. The van der Waals surface area contributed by atoms with Crippen molar-refractivity contribution in [2.75, 3.05) is 47.4 Å². The highest BCUT2D eigenvalue weighted by atomic mass is 16.3. The average Bonchev–Trinajstić information content (AvgIpc) is 3.37. The molecule has 7 nitrogen and oxygen atoms in total. The predicted molar refractivity (Wildman–Crippen MR) is 302 cm³/mol. The lowest BCUT2D eigenvalue weighted by molar-refractivity contribution is 0.371. The van der Waals surface area contributed by atoms with E-state index < -0.39 is 5.92 Å². The van der Waals surface area contributed by atoms with Crippen LogP contribution in [0.1, 0.15) is 173 Å². The number of aliphatic hydroxyl groups excluding tert-OH is 1. The third-order valence-corrected chi connectivity index (χ3v) is 15.0. The summed E-state index contributed by atoms with van der Waals surface area (Å²) in [6.45, 7) is 12.8. The molecular weight excluding hydrogens is 857 g/mol. The van der Waals surface area contributed by atoms with E-state index in [1.165, 1.54) is 103 Å². The fourth-order valence-electron chi connectivity index (χ4n) is 11.1. The van der Waals surface area contributed by atoms with E-state index in [9.17, 15) is 15.6 Å². The molecule has 0 aromatic heterocycles. The molecule has 1 unspecified atom stereocenters. The fraction of sp³-hybridized carbons (Fsp3) is 0.460. The quantitative estimate of drug-likeness (QED) is 0.0193. The summed E-state index contributed by atoms with van der Waals surface area (Å²) < 4.78 is 0. The van der Waals surface area contributed by atoms with E-state index in [1.807, 2.05) is 6.07 Å². The monoisotopic (exact) mass is 937 g/mol. The number of benzene rings is 6. The molecule has 0 saturated heterocycles. The van der Waals surface area contributed by atoms with Crippen LogP contribution in [-0.2, 0) is 0 Å². The molecule has 0 heterocycles. The first-order valence-corrected chi connectivity index (χ1v) is 27.3. The van der Waals surface area contributed by atoms with Gasteiger partial charge in [-0.25, -0.2) is 0 Å². The van der Waals surface area contributed by atoms with Crippen molar-refractivity contribution in [3.05, 3.63) is 113 Å². The molecule has 368 valence electrons. The van der Waals surface area contributed by atoms with Crippen molar-refractivity contribution < 1.29 is 5.11 Å². The Balaban J connectivity index is 1.41. The number of nitrogens with zero attached hydrogens (tertiary/aromatic N) is 4. The van der Waals surface area contributed by atoms with Crippen molar-refractivity contribution in [3.63, 3.8) is 0 Å². The predicted octanol–water partition coefficient (Wildman–Crippen LogP) is 17.4. The molecule has 1 aliphatic rings. The van der Waals surface area contributed by atoms with Crippen LogP contribution in [-0.4, -0.2) is 31.3 Å². The minimum absolute atomic E-state index is 0.0470. The van der Waals surface area contributed by atoms with Gasteiger partial charge in [0.2, 0.25) is 0 Å². The number of hydrogen-bond donors (Lipinski definition) is 3. The topological polar surface area (TPSA) is 126 Å². The van der Waals surface area contributed by atoms with Gasteiger partial charge in [-0.1, -0.05) is 179 Å². The summed E-state index contributed by atoms with van der Waals surface area (Å²) in [5, 5.41) is 42.8. The summed E-state index contributed by atoms with van der Waals surface area (Å²) in [5.74, 6) is -0.732. The SMILES string of the molecule is CCCCCCCN(CCCCCCC)c1cc(N)c(C2=C(O)C(c3c(N)cc(N(CCCCCCC)CCCCCCC)c4cc5ccccc5cc34)C2=C(C#N)C#N)c2cc3ccccc3cc12. The maximum Gasteiger partial charge on any atom is 0.134 e. The molecule has 0 fully saturated rings. The molecule has 0 radical (unpaired) electrons. The van der Waals surface area contributed by atoms with Crippen LogP contribution in [0, 0.1) is 22.7 Å². The molecular formula is C63H80N6O. The summed E-state index contributed by atoms with van der Waals surface area (Å²) in [6.07, 6.45) is 23.8. The van der Waals surface area contributed by atoms with Gasteiger partial charge in [0.25, 0.3) is 0 Å². The standard InChI is InChI=1S/C63H80N6O/c1-5-9-13-17-25-33-68(34-26-18-14-10-6-2)56-41-54(66)59(52-39-47-31-23-21-29-45(47)37-50(52)56)61-58(49(43-64)44-65)62(63(61)70)60-53-40-48-32-24-22-30-46(48)38-51(53)57(42-55(60)67)69(35-27-19-15-11-7-3)36-28-20-16-12-8-4/h21-24,29-32,37-42,61,70H,5-20,25-28,33-36,66-67H2,1-4H3. The van der Waals surface area contributed by atoms with E-state index >= 15 is 0 Å². The smallest absolute Gasteiger partial charge is 0.134 e. The lowest BCUT2D eigenvalue weighted by Crippen LogP contribution is -2.28. The first-order chi connectivity index (χ1) is 34.3. The lowest BCUT2D eigenvalue weighted by Gasteiger charge is -2.37. The zero-order valence-electron chi connectivity index (χ0n) is 43.0. The van der Waals surface area contributed by atoms with Crippen molar-refractivity contribution in [3.8, 4) is 12.1 Å². The van der Waals surface area contributed by atoms with E-state index in [2.05, 4.69) is 128 Å². The molecule has 1 aliphatic carbocycles. The van der Waals surface area contributed by atoms with Crippen LogP contribution >= 0.6 is 0 Å². The minimum atomic E-state index is -0.809. The van der Waals surface area contributed by atoms with Crippen LogP contribution in [0.5, 0.6) is 0 Å². The molecule has 0 amide bonds. The highest BCUT2D eigenvalue weighted by Gasteiger charge is 2.43. The minimum Gasteiger partial charge on any atom is -0.511 e. The highest BCUT2D eigenvalue weighted by Crippen LogP contribution is 2.58. The van der Waals surface area contributed by atoms with Crippen LogP contribution in [0.25, 0.3) is 48.7 Å². The van der Waals surface area contributed by atoms with Gasteiger partial charge in [-0.05, 0) is 100.0 Å².